The van der Waals surface area contributed by atoms with Gasteiger partial charge in [0.05, 0.1) is 0 Å². The van der Waals surface area contributed by atoms with Crippen LogP contribution in [0.4, 0.5) is 11.4 Å². The maximum atomic E-state index is 15.0. The molecule has 0 aromatic heterocycles. The summed E-state index contributed by atoms with van der Waals surface area (Å²) in [5.41, 5.74) is 16.6. The molecule has 68 heavy (non-hydrogen) atoms. The maximum absolute atomic E-state index is 15.0. The summed E-state index contributed by atoms with van der Waals surface area (Å²) in [5, 5.41) is 2.61. The van der Waals surface area contributed by atoms with E-state index in [2.05, 4.69) is 160 Å². The molecule has 1 unspecified atom stereocenters. The maximum Gasteiger partial charge on any atom is 0.193 e. The van der Waals surface area contributed by atoms with Crippen molar-refractivity contribution in [2.45, 2.75) is 78.1 Å². The lowest BCUT2D eigenvalue weighted by Crippen LogP contribution is -2.34. The van der Waals surface area contributed by atoms with Crippen LogP contribution in [0.2, 0.25) is 0 Å². The van der Waals surface area contributed by atoms with Gasteiger partial charge in [0.15, 0.2) is 11.6 Å². The predicted molar refractivity (Wildman–Crippen MR) is 286 cm³/mol. The van der Waals surface area contributed by atoms with E-state index < -0.39 is 0 Å². The number of fused-ring (bicyclic) bond motifs is 1. The standard InChI is InChI=1S/C64H58NO2P/c1-42-24-28-46(29-25-42)61(66)53-41-52(45-34-38-50(39-35-45)68-60-23-15-12-20-57(60)63(3,4)48-16-8-7-9-17-48)54(62(67)47-30-26-43(2)27-31-47)40-51(53)44-32-36-49(37-33-44)65-58-21-13-10-18-55(58)64(5,6)56-19-11-14-22-59(56)65/h7-11,13,15-19,21,23-41,68H,12,14,20,22H2,1-6H3. The van der Waals surface area contributed by atoms with Gasteiger partial charge in [0.1, 0.15) is 0 Å². The second kappa shape index (κ2) is 18.3. The van der Waals surface area contributed by atoms with Crippen LogP contribution in [-0.2, 0) is 10.8 Å². The quantitative estimate of drug-likeness (QED) is 0.0959. The van der Waals surface area contributed by atoms with Crippen molar-refractivity contribution in [1.29, 1.82) is 0 Å². The first kappa shape index (κ1) is 44.9. The predicted octanol–water partition coefficient (Wildman–Crippen LogP) is 16.0. The summed E-state index contributed by atoms with van der Waals surface area (Å²) in [4.78, 5) is 32.3. The summed E-state index contributed by atoms with van der Waals surface area (Å²) in [5.74, 6) is -0.167. The van der Waals surface area contributed by atoms with E-state index >= 15 is 0 Å². The van der Waals surface area contributed by atoms with Crippen LogP contribution in [0.5, 0.6) is 0 Å². The Morgan fingerprint density at radius 1 is 0.588 bits per heavy atom. The molecule has 0 radical (unpaired) electrons. The Bertz CT molecular complexity index is 3200. The Balaban J connectivity index is 1.09. The van der Waals surface area contributed by atoms with Gasteiger partial charge in [-0.15, -0.1) is 0 Å². The van der Waals surface area contributed by atoms with Gasteiger partial charge in [-0.3, -0.25) is 9.59 Å². The zero-order valence-corrected chi connectivity index (χ0v) is 41.0. The van der Waals surface area contributed by atoms with Crippen molar-refractivity contribution in [2.75, 3.05) is 4.90 Å². The molecule has 1 heterocycles. The van der Waals surface area contributed by atoms with Gasteiger partial charge in [-0.2, -0.15) is 0 Å². The van der Waals surface area contributed by atoms with Crippen LogP contribution in [0.1, 0.15) is 107 Å². The molecule has 10 rings (SSSR count). The fraction of sp³-hybridized carbons (Fsp3) is 0.188. The summed E-state index contributed by atoms with van der Waals surface area (Å²) in [6, 6.07) is 56.4. The molecular weight excluding hydrogens is 846 g/mol. The lowest BCUT2D eigenvalue weighted by atomic mass is 9.71. The largest absolute Gasteiger partial charge is 0.314 e. The van der Waals surface area contributed by atoms with Gasteiger partial charge in [-0.05, 0) is 119 Å². The van der Waals surface area contributed by atoms with E-state index in [0.717, 1.165) is 64.8 Å². The molecule has 336 valence electrons. The van der Waals surface area contributed by atoms with Gasteiger partial charge in [0.25, 0.3) is 0 Å². The van der Waals surface area contributed by atoms with Crippen molar-refractivity contribution < 1.29 is 9.59 Å². The zero-order chi connectivity index (χ0) is 47.2. The molecule has 4 heteroatoms. The summed E-state index contributed by atoms with van der Waals surface area (Å²) >= 11 is 0. The molecule has 1 atom stereocenters. The number of ketones is 2. The van der Waals surface area contributed by atoms with Crippen molar-refractivity contribution >= 4 is 36.8 Å². The second-order valence-electron chi connectivity index (χ2n) is 19.7. The Morgan fingerprint density at radius 2 is 1.12 bits per heavy atom. The van der Waals surface area contributed by atoms with Crippen LogP contribution in [0.15, 0.2) is 210 Å². The van der Waals surface area contributed by atoms with E-state index in [1.807, 2.05) is 74.5 Å². The van der Waals surface area contributed by atoms with E-state index in [9.17, 15) is 9.59 Å². The Morgan fingerprint density at radius 3 is 1.72 bits per heavy atom. The van der Waals surface area contributed by atoms with Crippen molar-refractivity contribution in [2.24, 2.45) is 0 Å². The molecule has 0 saturated carbocycles. The summed E-state index contributed by atoms with van der Waals surface area (Å²) in [6.45, 7) is 13.4. The highest BCUT2D eigenvalue weighted by molar-refractivity contribution is 7.52. The molecule has 1 aliphatic heterocycles. The molecule has 0 fully saturated rings. The minimum atomic E-state index is -0.124. The highest BCUT2D eigenvalue weighted by Crippen LogP contribution is 2.51. The number of carbonyl (C=O) groups excluding carboxylic acids is 2. The first-order valence-electron chi connectivity index (χ1n) is 24.0. The lowest BCUT2D eigenvalue weighted by Gasteiger charge is -2.44. The Kier molecular flexibility index (Phi) is 12.1. The fourth-order valence-electron chi connectivity index (χ4n) is 10.5. The number of nitrogens with zero attached hydrogens (tertiary/aromatic N) is 1. The van der Waals surface area contributed by atoms with E-state index in [1.54, 1.807) is 0 Å². The van der Waals surface area contributed by atoms with Gasteiger partial charge in [0, 0.05) is 50.2 Å². The zero-order valence-electron chi connectivity index (χ0n) is 40.0. The normalized spacial score (nSPS) is 15.5. The fourth-order valence-corrected chi connectivity index (χ4v) is 12.0. The van der Waals surface area contributed by atoms with Crippen molar-refractivity contribution in [3.63, 3.8) is 0 Å². The SMILES string of the molecule is Cc1ccc(C(=O)c2cc(-c3ccc(N4C5=C(C=CCC5)C(C)(C)c5ccccc54)cc3)c(C(=O)c3ccc(C)cc3)cc2-c2ccc(PC3=C(C(C)(C)c4ccccc4)CCC=C3)cc2)cc1. The molecule has 0 N–H and O–H groups in total. The van der Waals surface area contributed by atoms with Crippen LogP contribution in [0.25, 0.3) is 22.3 Å². The molecule has 3 nitrogen and oxygen atoms in total. The number of anilines is 2. The van der Waals surface area contributed by atoms with Gasteiger partial charge >= 0.3 is 0 Å². The number of carbonyl (C=O) groups is 2. The van der Waals surface area contributed by atoms with Crippen molar-refractivity contribution in [1.82, 2.24) is 0 Å². The summed E-state index contributed by atoms with van der Waals surface area (Å²) in [7, 11) is 0.477. The number of hydrogen-bond donors (Lipinski definition) is 0. The number of rotatable bonds is 11. The average molecular weight is 904 g/mol. The number of hydrogen-bond acceptors (Lipinski definition) is 3. The van der Waals surface area contributed by atoms with E-state index in [4.69, 9.17) is 0 Å². The minimum absolute atomic E-state index is 0.0826. The summed E-state index contributed by atoms with van der Waals surface area (Å²) < 4.78 is 0. The molecule has 0 amide bonds. The smallest absolute Gasteiger partial charge is 0.193 e. The van der Waals surface area contributed by atoms with Crippen LogP contribution >= 0.6 is 8.58 Å². The molecule has 7 aromatic carbocycles. The highest BCUT2D eigenvalue weighted by Gasteiger charge is 2.38. The van der Waals surface area contributed by atoms with E-state index in [0.29, 0.717) is 30.8 Å². The third kappa shape index (κ3) is 8.39. The molecule has 0 spiro atoms. The van der Waals surface area contributed by atoms with E-state index in [-0.39, 0.29) is 22.4 Å². The third-order valence-electron chi connectivity index (χ3n) is 14.5. The molecule has 2 aliphatic carbocycles. The number of para-hydroxylation sites is 1. The Labute approximate surface area is 404 Å². The van der Waals surface area contributed by atoms with Gasteiger partial charge in [-0.25, -0.2) is 0 Å². The van der Waals surface area contributed by atoms with Gasteiger partial charge in [0.2, 0.25) is 0 Å². The molecule has 3 aliphatic rings. The van der Waals surface area contributed by atoms with Gasteiger partial charge < -0.3 is 4.90 Å². The summed E-state index contributed by atoms with van der Waals surface area (Å²) in [6.07, 6.45) is 13.3. The van der Waals surface area contributed by atoms with Crippen molar-refractivity contribution in [3.05, 3.63) is 255 Å². The first-order chi connectivity index (χ1) is 32.9. The van der Waals surface area contributed by atoms with Crippen LogP contribution in [0.3, 0.4) is 0 Å². The third-order valence-corrected chi connectivity index (χ3v) is 15.9. The Hall–Kier alpha value is -6.93. The molecule has 0 bridgehead atoms. The molecule has 7 aromatic rings. The van der Waals surface area contributed by atoms with Crippen molar-refractivity contribution in [3.8, 4) is 22.3 Å². The highest BCUT2D eigenvalue weighted by atomic mass is 31.1. The topological polar surface area (TPSA) is 37.4 Å². The van der Waals surface area contributed by atoms with Gasteiger partial charge in [-0.1, -0.05) is 211 Å². The number of aryl methyl sites for hydroxylation is 2. The van der Waals surface area contributed by atoms with Crippen LogP contribution in [0, 0.1) is 13.8 Å². The molecule has 0 saturated heterocycles. The number of benzene rings is 7. The average Bonchev–Trinajstić information content (AvgIpc) is 3.37. The van der Waals surface area contributed by atoms with Crippen LogP contribution in [-0.4, -0.2) is 11.6 Å². The lowest BCUT2D eigenvalue weighted by molar-refractivity contribution is 0.102. The van der Waals surface area contributed by atoms with Crippen LogP contribution < -0.4 is 10.2 Å². The number of allylic oxidation sites excluding steroid dienone is 8. The first-order valence-corrected chi connectivity index (χ1v) is 25.0. The monoisotopic (exact) mass is 903 g/mol. The van der Waals surface area contributed by atoms with E-state index in [1.165, 1.54) is 44.3 Å². The minimum Gasteiger partial charge on any atom is -0.314 e. The second-order valence-corrected chi connectivity index (χ2v) is 21.1. The molecular formula is C64H58NO2P.